The molecule has 0 spiro atoms. The summed E-state index contributed by atoms with van der Waals surface area (Å²) in [6.07, 6.45) is 1.05. The molecular formula is C18H16O6S. The molecule has 7 heteroatoms. The third-order valence-corrected chi connectivity index (χ3v) is 4.07. The molecule has 0 atom stereocenters. The highest BCUT2D eigenvalue weighted by Gasteiger charge is 2.21. The van der Waals surface area contributed by atoms with Crippen LogP contribution in [0.4, 0.5) is 0 Å². The first kappa shape index (κ1) is 18.4. The predicted molar refractivity (Wildman–Crippen MR) is 91.7 cm³/mol. The quantitative estimate of drug-likeness (QED) is 0.459. The van der Waals surface area contributed by atoms with Gasteiger partial charge < -0.3 is 19.3 Å². The summed E-state index contributed by atoms with van der Waals surface area (Å²) in [6, 6.07) is 14.1. The van der Waals surface area contributed by atoms with Crippen LogP contribution in [0.15, 0.2) is 70.3 Å². The number of esters is 1. The Morgan fingerprint density at radius 3 is 2.36 bits per heavy atom. The molecule has 0 bridgehead atoms. The highest BCUT2D eigenvalue weighted by Crippen LogP contribution is 2.35. The van der Waals surface area contributed by atoms with Gasteiger partial charge in [-0.25, -0.2) is 9.59 Å². The van der Waals surface area contributed by atoms with Gasteiger partial charge >= 0.3 is 11.9 Å². The van der Waals surface area contributed by atoms with Gasteiger partial charge in [0.2, 0.25) is 5.76 Å². The van der Waals surface area contributed by atoms with Gasteiger partial charge in [0.05, 0.1) is 14.2 Å². The largest absolute Gasteiger partial charge is 0.500 e. The first-order chi connectivity index (χ1) is 12.1. The molecule has 1 N–H and O–H groups in total. The summed E-state index contributed by atoms with van der Waals surface area (Å²) in [5, 5.41) is 9.60. The maximum absolute atomic E-state index is 11.8. The second-order valence-electron chi connectivity index (χ2n) is 4.66. The molecule has 0 heterocycles. The number of carbonyl (C=O) groups is 2. The third-order valence-electron chi connectivity index (χ3n) is 3.00. The van der Waals surface area contributed by atoms with Gasteiger partial charge in [0, 0.05) is 9.79 Å². The van der Waals surface area contributed by atoms with E-state index >= 15 is 0 Å². The fraction of sp³-hybridized carbons (Fsp3) is 0.111. The second-order valence-corrected chi connectivity index (χ2v) is 5.78. The van der Waals surface area contributed by atoms with Gasteiger partial charge in [-0.1, -0.05) is 36.0 Å². The Morgan fingerprint density at radius 1 is 1.04 bits per heavy atom. The highest BCUT2D eigenvalue weighted by molar-refractivity contribution is 7.99. The molecule has 0 fully saturated rings. The second kappa shape index (κ2) is 8.79. The van der Waals surface area contributed by atoms with Gasteiger partial charge in [-0.05, 0) is 24.3 Å². The minimum atomic E-state index is -1.17. The Balaban J connectivity index is 2.41. The molecule has 0 saturated carbocycles. The summed E-state index contributed by atoms with van der Waals surface area (Å²) >= 11 is 1.28. The third kappa shape index (κ3) is 4.77. The molecule has 2 rings (SSSR count). The van der Waals surface area contributed by atoms with Crippen LogP contribution in [0.25, 0.3) is 0 Å². The SMILES string of the molecule is COC=C(Oc1cccc(Sc2ccccc2)c1C(=O)O)C(=O)OC. The van der Waals surface area contributed by atoms with Crippen LogP contribution in [0.3, 0.4) is 0 Å². The van der Waals surface area contributed by atoms with Gasteiger partial charge in [0.15, 0.2) is 0 Å². The van der Waals surface area contributed by atoms with Gasteiger partial charge in [0.25, 0.3) is 0 Å². The number of carboxylic acids is 1. The molecule has 0 saturated heterocycles. The van der Waals surface area contributed by atoms with E-state index in [1.165, 1.54) is 32.0 Å². The van der Waals surface area contributed by atoms with Crippen molar-refractivity contribution in [1.82, 2.24) is 0 Å². The van der Waals surface area contributed by atoms with E-state index in [2.05, 4.69) is 4.74 Å². The number of carbonyl (C=O) groups excluding carboxylic acids is 1. The van der Waals surface area contributed by atoms with E-state index in [4.69, 9.17) is 9.47 Å². The molecular weight excluding hydrogens is 344 g/mol. The smallest absolute Gasteiger partial charge is 0.377 e. The average Bonchev–Trinajstić information content (AvgIpc) is 2.61. The molecule has 0 amide bonds. The van der Waals surface area contributed by atoms with Crippen LogP contribution in [0.1, 0.15) is 10.4 Å². The fourth-order valence-electron chi connectivity index (χ4n) is 1.95. The maximum Gasteiger partial charge on any atom is 0.377 e. The Labute approximate surface area is 149 Å². The Hall–Kier alpha value is -2.93. The zero-order valence-corrected chi connectivity index (χ0v) is 14.4. The van der Waals surface area contributed by atoms with Crippen LogP contribution in [-0.4, -0.2) is 31.3 Å². The van der Waals surface area contributed by atoms with Crippen LogP contribution >= 0.6 is 11.8 Å². The number of rotatable bonds is 7. The molecule has 0 aliphatic heterocycles. The van der Waals surface area contributed by atoms with E-state index in [-0.39, 0.29) is 17.1 Å². The molecule has 0 aromatic heterocycles. The first-order valence-electron chi connectivity index (χ1n) is 7.15. The average molecular weight is 360 g/mol. The number of ether oxygens (including phenoxy) is 3. The van der Waals surface area contributed by atoms with Crippen molar-refractivity contribution < 1.29 is 28.9 Å². The zero-order valence-electron chi connectivity index (χ0n) is 13.6. The van der Waals surface area contributed by atoms with Gasteiger partial charge in [0.1, 0.15) is 17.6 Å². The molecule has 2 aromatic carbocycles. The molecule has 2 aromatic rings. The summed E-state index contributed by atoms with van der Waals surface area (Å²) in [5.74, 6) is -2.19. The van der Waals surface area contributed by atoms with Gasteiger partial charge in [-0.3, -0.25) is 0 Å². The zero-order chi connectivity index (χ0) is 18.2. The lowest BCUT2D eigenvalue weighted by Gasteiger charge is -2.13. The predicted octanol–water partition coefficient (Wildman–Crippen LogP) is 3.58. The van der Waals surface area contributed by atoms with Crippen LogP contribution in [0.2, 0.25) is 0 Å². The Morgan fingerprint density at radius 2 is 1.76 bits per heavy atom. The molecule has 0 radical (unpaired) electrons. The van der Waals surface area contributed by atoms with Crippen molar-refractivity contribution >= 4 is 23.7 Å². The molecule has 0 unspecified atom stereocenters. The van der Waals surface area contributed by atoms with Crippen LogP contribution in [-0.2, 0) is 14.3 Å². The van der Waals surface area contributed by atoms with E-state index in [9.17, 15) is 14.7 Å². The van der Waals surface area contributed by atoms with Crippen molar-refractivity contribution in [2.45, 2.75) is 9.79 Å². The standard InChI is InChI=1S/C18H16O6S/c1-22-11-14(18(21)23-2)24-13-9-6-10-15(16(13)17(19)20)25-12-7-4-3-5-8-12/h3-11H,1-2H3,(H,19,20). The minimum Gasteiger partial charge on any atom is -0.500 e. The van der Waals surface area contributed by atoms with Gasteiger partial charge in [-0.2, -0.15) is 0 Å². The monoisotopic (exact) mass is 360 g/mol. The lowest BCUT2D eigenvalue weighted by Crippen LogP contribution is -2.13. The lowest BCUT2D eigenvalue weighted by atomic mass is 10.2. The van der Waals surface area contributed by atoms with Crippen molar-refractivity contribution in [2.24, 2.45) is 0 Å². The fourth-order valence-corrected chi connectivity index (χ4v) is 2.93. The number of hydrogen-bond acceptors (Lipinski definition) is 6. The summed E-state index contributed by atoms with van der Waals surface area (Å²) < 4.78 is 14.8. The van der Waals surface area contributed by atoms with Gasteiger partial charge in [-0.15, -0.1) is 0 Å². The Kier molecular flexibility index (Phi) is 6.47. The van der Waals surface area contributed by atoms with Crippen LogP contribution in [0, 0.1) is 0 Å². The van der Waals surface area contributed by atoms with E-state index in [1.807, 2.05) is 30.3 Å². The Bertz CT molecular complexity index is 785. The van der Waals surface area contributed by atoms with E-state index in [0.29, 0.717) is 4.90 Å². The number of methoxy groups -OCH3 is 2. The molecule has 130 valence electrons. The lowest BCUT2D eigenvalue weighted by molar-refractivity contribution is -0.138. The number of benzene rings is 2. The molecule has 6 nitrogen and oxygen atoms in total. The number of carboxylic acid groups (broad SMARTS) is 1. The molecule has 25 heavy (non-hydrogen) atoms. The number of aromatic carboxylic acids is 1. The van der Waals surface area contributed by atoms with E-state index < -0.39 is 11.9 Å². The summed E-state index contributed by atoms with van der Waals surface area (Å²) in [6.45, 7) is 0. The first-order valence-corrected chi connectivity index (χ1v) is 7.96. The normalized spacial score (nSPS) is 10.9. The summed E-state index contributed by atoms with van der Waals surface area (Å²) in [7, 11) is 2.53. The summed E-state index contributed by atoms with van der Waals surface area (Å²) in [4.78, 5) is 24.8. The van der Waals surface area contributed by atoms with E-state index in [1.54, 1.807) is 12.1 Å². The molecule has 0 aliphatic carbocycles. The summed E-state index contributed by atoms with van der Waals surface area (Å²) in [5.41, 5.74) is -0.0535. The van der Waals surface area contributed by atoms with Crippen LogP contribution in [0.5, 0.6) is 5.75 Å². The van der Waals surface area contributed by atoms with Crippen molar-refractivity contribution in [3.8, 4) is 5.75 Å². The molecule has 0 aliphatic rings. The van der Waals surface area contributed by atoms with Crippen LogP contribution < -0.4 is 4.74 Å². The highest BCUT2D eigenvalue weighted by atomic mass is 32.2. The minimum absolute atomic E-state index is 0.0159. The van der Waals surface area contributed by atoms with Crippen molar-refractivity contribution in [1.29, 1.82) is 0 Å². The van der Waals surface area contributed by atoms with Crippen molar-refractivity contribution in [3.05, 3.63) is 66.1 Å². The van der Waals surface area contributed by atoms with E-state index in [0.717, 1.165) is 11.2 Å². The van der Waals surface area contributed by atoms with Crippen molar-refractivity contribution in [3.63, 3.8) is 0 Å². The number of hydrogen-bond donors (Lipinski definition) is 1. The topological polar surface area (TPSA) is 82.1 Å². The van der Waals surface area contributed by atoms with Crippen molar-refractivity contribution in [2.75, 3.05) is 14.2 Å². The maximum atomic E-state index is 11.8.